The van der Waals surface area contributed by atoms with Crippen LogP contribution in [0.25, 0.3) is 11.0 Å². The van der Waals surface area contributed by atoms with Gasteiger partial charge in [0, 0.05) is 30.6 Å². The number of aromatic nitrogens is 4. The smallest absolute Gasteiger partial charge is 0.224 e. The van der Waals surface area contributed by atoms with Crippen molar-refractivity contribution in [1.29, 1.82) is 0 Å². The van der Waals surface area contributed by atoms with Gasteiger partial charge in [-0.3, -0.25) is 9.48 Å². The molecular formula is C19H23N5O2. The molecule has 0 aliphatic carbocycles. The Labute approximate surface area is 152 Å². The van der Waals surface area contributed by atoms with Crippen LogP contribution in [0.3, 0.4) is 0 Å². The number of hydrogen-bond acceptors (Lipinski definition) is 5. The van der Waals surface area contributed by atoms with Crippen LogP contribution < -0.4 is 10.1 Å². The molecule has 3 aromatic rings. The number of pyridine rings is 2. The second-order valence-electron chi connectivity index (χ2n) is 6.35. The van der Waals surface area contributed by atoms with E-state index < -0.39 is 0 Å². The molecule has 3 rings (SSSR count). The van der Waals surface area contributed by atoms with Gasteiger partial charge in [-0.05, 0) is 44.4 Å². The van der Waals surface area contributed by atoms with Crippen molar-refractivity contribution >= 4 is 22.6 Å². The van der Waals surface area contributed by atoms with E-state index in [4.69, 9.17) is 4.74 Å². The molecule has 0 bridgehead atoms. The molecule has 136 valence electrons. The molecule has 0 unspecified atom stereocenters. The average Bonchev–Trinajstić information content (AvgIpc) is 2.89. The Morgan fingerprint density at radius 2 is 2.00 bits per heavy atom. The van der Waals surface area contributed by atoms with Gasteiger partial charge in [0.1, 0.15) is 0 Å². The van der Waals surface area contributed by atoms with E-state index in [2.05, 4.69) is 27.3 Å². The zero-order valence-electron chi connectivity index (χ0n) is 15.8. The summed E-state index contributed by atoms with van der Waals surface area (Å²) < 4.78 is 6.82. The summed E-state index contributed by atoms with van der Waals surface area (Å²) in [6.07, 6.45) is 2.59. The van der Waals surface area contributed by atoms with Crippen molar-refractivity contribution in [2.75, 3.05) is 12.4 Å². The molecule has 0 atom stereocenters. The molecule has 3 heterocycles. The van der Waals surface area contributed by atoms with Gasteiger partial charge in [-0.2, -0.15) is 5.10 Å². The fraction of sp³-hybridized carbons (Fsp3) is 0.368. The highest BCUT2D eigenvalue weighted by atomic mass is 16.5. The van der Waals surface area contributed by atoms with Crippen LogP contribution in [0.2, 0.25) is 0 Å². The van der Waals surface area contributed by atoms with Gasteiger partial charge in [0.2, 0.25) is 11.8 Å². The summed E-state index contributed by atoms with van der Waals surface area (Å²) in [5.74, 6) is 0.458. The number of methoxy groups -OCH3 is 1. The standard InChI is InChI=1S/C19H23N5O2/c1-11-15(12(2)21-19-18(11)13(3)23-24(19)4)7-8-16(25)22-14-6-9-17(26-5)20-10-14/h6,9-10H,7-8H2,1-5H3,(H,22,25). The van der Waals surface area contributed by atoms with Crippen LogP contribution in [0.1, 0.15) is 28.9 Å². The molecule has 7 nitrogen and oxygen atoms in total. The Kier molecular flexibility index (Phi) is 4.88. The van der Waals surface area contributed by atoms with Crippen LogP contribution >= 0.6 is 0 Å². The number of aryl methyl sites for hydroxylation is 4. The first-order valence-corrected chi connectivity index (χ1v) is 8.50. The third-order valence-corrected chi connectivity index (χ3v) is 4.56. The summed E-state index contributed by atoms with van der Waals surface area (Å²) in [4.78, 5) is 21.1. The van der Waals surface area contributed by atoms with Crippen LogP contribution in [0.5, 0.6) is 5.88 Å². The lowest BCUT2D eigenvalue weighted by molar-refractivity contribution is -0.116. The van der Waals surface area contributed by atoms with Crippen LogP contribution in [-0.4, -0.2) is 32.8 Å². The number of nitrogens with one attached hydrogen (secondary N) is 1. The van der Waals surface area contributed by atoms with E-state index in [0.29, 0.717) is 24.4 Å². The summed E-state index contributed by atoms with van der Waals surface area (Å²) in [7, 11) is 3.46. The molecule has 0 aliphatic rings. The Morgan fingerprint density at radius 3 is 2.65 bits per heavy atom. The summed E-state index contributed by atoms with van der Waals surface area (Å²) in [6.45, 7) is 6.04. The lowest BCUT2D eigenvalue weighted by Gasteiger charge is -2.11. The number of rotatable bonds is 5. The molecule has 0 fully saturated rings. The van der Waals surface area contributed by atoms with Crippen molar-refractivity contribution in [1.82, 2.24) is 19.7 Å². The average molecular weight is 353 g/mol. The minimum atomic E-state index is -0.0567. The van der Waals surface area contributed by atoms with Crippen molar-refractivity contribution in [3.05, 3.63) is 40.8 Å². The summed E-state index contributed by atoms with van der Waals surface area (Å²) in [6, 6.07) is 3.49. The SMILES string of the molecule is COc1ccc(NC(=O)CCc2c(C)nc3c(c(C)nn3C)c2C)cn1. The number of carbonyl (C=O) groups excluding carboxylic acids is 1. The minimum absolute atomic E-state index is 0.0567. The molecule has 3 aromatic heterocycles. The van der Waals surface area contributed by atoms with Crippen LogP contribution in [0.15, 0.2) is 18.3 Å². The van der Waals surface area contributed by atoms with Crippen molar-refractivity contribution in [2.45, 2.75) is 33.6 Å². The summed E-state index contributed by atoms with van der Waals surface area (Å²) in [5.41, 5.74) is 5.70. The topological polar surface area (TPSA) is 81.9 Å². The third kappa shape index (κ3) is 3.37. The lowest BCUT2D eigenvalue weighted by atomic mass is 9.99. The highest BCUT2D eigenvalue weighted by Gasteiger charge is 2.16. The number of amides is 1. The third-order valence-electron chi connectivity index (χ3n) is 4.56. The van der Waals surface area contributed by atoms with Gasteiger partial charge in [0.05, 0.1) is 24.7 Å². The first-order valence-electron chi connectivity index (χ1n) is 8.50. The number of hydrogen-bond donors (Lipinski definition) is 1. The predicted molar refractivity (Wildman–Crippen MR) is 100 cm³/mol. The Hall–Kier alpha value is -2.96. The van der Waals surface area contributed by atoms with Crippen LogP contribution in [-0.2, 0) is 18.3 Å². The monoisotopic (exact) mass is 353 g/mol. The molecule has 0 radical (unpaired) electrons. The molecular weight excluding hydrogens is 330 g/mol. The maximum Gasteiger partial charge on any atom is 0.224 e. The normalized spacial score (nSPS) is 11.0. The Morgan fingerprint density at radius 1 is 1.23 bits per heavy atom. The molecule has 0 saturated heterocycles. The largest absolute Gasteiger partial charge is 0.481 e. The minimum Gasteiger partial charge on any atom is -0.481 e. The summed E-state index contributed by atoms with van der Waals surface area (Å²) in [5, 5.41) is 8.39. The van der Waals surface area contributed by atoms with Crippen molar-refractivity contribution in [3.63, 3.8) is 0 Å². The van der Waals surface area contributed by atoms with E-state index in [9.17, 15) is 4.79 Å². The van der Waals surface area contributed by atoms with Crippen molar-refractivity contribution in [3.8, 4) is 5.88 Å². The maximum absolute atomic E-state index is 12.3. The van der Waals surface area contributed by atoms with Gasteiger partial charge in [-0.25, -0.2) is 9.97 Å². The van der Waals surface area contributed by atoms with E-state index in [-0.39, 0.29) is 5.91 Å². The molecule has 1 N–H and O–H groups in total. The number of nitrogens with zero attached hydrogens (tertiary/aromatic N) is 4. The first-order chi connectivity index (χ1) is 12.4. The van der Waals surface area contributed by atoms with Crippen LogP contribution in [0.4, 0.5) is 5.69 Å². The van der Waals surface area contributed by atoms with E-state index in [1.54, 1.807) is 30.1 Å². The zero-order valence-corrected chi connectivity index (χ0v) is 15.8. The maximum atomic E-state index is 12.3. The quantitative estimate of drug-likeness (QED) is 0.763. The predicted octanol–water partition coefficient (Wildman–Crippen LogP) is 2.87. The van der Waals surface area contributed by atoms with Crippen molar-refractivity contribution in [2.24, 2.45) is 7.05 Å². The molecule has 0 aromatic carbocycles. The second-order valence-corrected chi connectivity index (χ2v) is 6.35. The highest BCUT2D eigenvalue weighted by Crippen LogP contribution is 2.26. The molecule has 1 amide bonds. The van der Waals surface area contributed by atoms with E-state index >= 15 is 0 Å². The Bertz CT molecular complexity index is 960. The number of carbonyl (C=O) groups is 1. The summed E-state index contributed by atoms with van der Waals surface area (Å²) >= 11 is 0. The van der Waals surface area contributed by atoms with Gasteiger partial charge >= 0.3 is 0 Å². The fourth-order valence-corrected chi connectivity index (χ4v) is 3.27. The molecule has 7 heteroatoms. The molecule has 0 saturated carbocycles. The highest BCUT2D eigenvalue weighted by molar-refractivity contribution is 5.91. The lowest BCUT2D eigenvalue weighted by Crippen LogP contribution is -2.13. The second kappa shape index (κ2) is 7.11. The van der Waals surface area contributed by atoms with Gasteiger partial charge in [-0.15, -0.1) is 0 Å². The van der Waals surface area contributed by atoms with E-state index in [0.717, 1.165) is 33.5 Å². The number of ether oxygens (including phenoxy) is 1. The van der Waals surface area contributed by atoms with Gasteiger partial charge in [-0.1, -0.05) is 0 Å². The van der Waals surface area contributed by atoms with Crippen molar-refractivity contribution < 1.29 is 9.53 Å². The van der Waals surface area contributed by atoms with Gasteiger partial charge < -0.3 is 10.1 Å². The Balaban J connectivity index is 1.74. The van der Waals surface area contributed by atoms with Gasteiger partial charge in [0.15, 0.2) is 5.65 Å². The molecule has 26 heavy (non-hydrogen) atoms. The van der Waals surface area contributed by atoms with Gasteiger partial charge in [0.25, 0.3) is 0 Å². The zero-order chi connectivity index (χ0) is 18.8. The fourth-order valence-electron chi connectivity index (χ4n) is 3.27. The number of anilines is 1. The van der Waals surface area contributed by atoms with E-state index in [1.165, 1.54) is 0 Å². The molecule has 0 spiro atoms. The molecule has 0 aliphatic heterocycles. The first kappa shape index (κ1) is 17.8. The van der Waals surface area contributed by atoms with Crippen LogP contribution in [0, 0.1) is 20.8 Å². The number of fused-ring (bicyclic) bond motifs is 1. The van der Waals surface area contributed by atoms with E-state index in [1.807, 2.05) is 20.9 Å².